The number of carbonyl (C=O) groups excluding carboxylic acids is 1. The molecule has 2 aromatic carbocycles. The van der Waals surface area contributed by atoms with Crippen LogP contribution in [0.5, 0.6) is 0 Å². The molecule has 1 aliphatic rings. The van der Waals surface area contributed by atoms with E-state index >= 15 is 0 Å². The van der Waals surface area contributed by atoms with Gasteiger partial charge in [0, 0.05) is 41.6 Å². The van der Waals surface area contributed by atoms with Crippen LogP contribution in [0, 0.1) is 17.2 Å². The molecule has 2 atom stereocenters. The summed E-state index contributed by atoms with van der Waals surface area (Å²) in [6.07, 6.45) is -1.09. The van der Waals surface area contributed by atoms with E-state index in [0.717, 1.165) is 5.56 Å². The summed E-state index contributed by atoms with van der Waals surface area (Å²) in [5.74, 6) is -0.227. The average molecular weight is 398 g/mol. The van der Waals surface area contributed by atoms with Crippen LogP contribution in [-0.2, 0) is 5.41 Å². The highest BCUT2D eigenvalue weighted by Crippen LogP contribution is 2.39. The van der Waals surface area contributed by atoms with Crippen LogP contribution in [0.15, 0.2) is 48.5 Å². The molecule has 1 fully saturated rings. The zero-order chi connectivity index (χ0) is 20.3. The topological polar surface area (TPSA) is 93.4 Å². The number of nitriles is 1. The van der Waals surface area contributed by atoms with Crippen LogP contribution >= 0.6 is 11.6 Å². The number of hydrogen-bond acceptors (Lipinski definition) is 3. The number of rotatable bonds is 4. The maximum absolute atomic E-state index is 13.0. The van der Waals surface area contributed by atoms with E-state index in [1.807, 2.05) is 25.1 Å². The summed E-state index contributed by atoms with van der Waals surface area (Å²) in [5.41, 5.74) is 1.58. The minimum Gasteiger partial charge on any atom is -0.465 e. The zero-order valence-corrected chi connectivity index (χ0v) is 16.1. The molecule has 1 saturated heterocycles. The molecular formula is C21H20ClN3O3. The highest BCUT2D eigenvalue weighted by atomic mass is 35.5. The van der Waals surface area contributed by atoms with E-state index in [-0.39, 0.29) is 18.4 Å². The van der Waals surface area contributed by atoms with Gasteiger partial charge in [-0.15, -0.1) is 0 Å². The smallest absolute Gasteiger partial charge is 0.404 e. The van der Waals surface area contributed by atoms with Gasteiger partial charge in [-0.3, -0.25) is 4.79 Å². The largest absolute Gasteiger partial charge is 0.465 e. The van der Waals surface area contributed by atoms with E-state index in [1.54, 1.807) is 41.3 Å². The van der Waals surface area contributed by atoms with Gasteiger partial charge in [0.15, 0.2) is 0 Å². The molecule has 0 aromatic heterocycles. The first-order chi connectivity index (χ1) is 13.3. The summed E-state index contributed by atoms with van der Waals surface area (Å²) in [6.45, 7) is 3.17. The van der Waals surface area contributed by atoms with Crippen molar-refractivity contribution in [2.75, 3.05) is 19.6 Å². The Bertz CT molecular complexity index is 921. The molecule has 2 aromatic rings. The number of nitrogens with one attached hydrogen (secondary N) is 1. The Morgan fingerprint density at radius 3 is 2.46 bits per heavy atom. The van der Waals surface area contributed by atoms with Gasteiger partial charge < -0.3 is 15.3 Å². The van der Waals surface area contributed by atoms with Crippen LogP contribution in [0.25, 0.3) is 0 Å². The molecular weight excluding hydrogens is 378 g/mol. The monoisotopic (exact) mass is 397 g/mol. The molecule has 1 aliphatic heterocycles. The molecule has 0 spiro atoms. The highest BCUT2D eigenvalue weighted by molar-refractivity contribution is 6.30. The number of halogens is 1. The number of amides is 2. The van der Waals surface area contributed by atoms with Gasteiger partial charge in [0.25, 0.3) is 5.91 Å². The van der Waals surface area contributed by atoms with Gasteiger partial charge in [0.05, 0.1) is 11.6 Å². The summed E-state index contributed by atoms with van der Waals surface area (Å²) in [5, 5.41) is 21.0. The number of likely N-dealkylation sites (tertiary alicyclic amines) is 1. The molecule has 28 heavy (non-hydrogen) atoms. The number of carboxylic acid groups (broad SMARTS) is 1. The van der Waals surface area contributed by atoms with E-state index in [9.17, 15) is 9.59 Å². The van der Waals surface area contributed by atoms with Gasteiger partial charge in [0.2, 0.25) is 0 Å². The quantitative estimate of drug-likeness (QED) is 0.825. The van der Waals surface area contributed by atoms with Gasteiger partial charge in [-0.25, -0.2) is 4.79 Å². The van der Waals surface area contributed by atoms with Crippen molar-refractivity contribution >= 4 is 23.6 Å². The molecule has 6 nitrogen and oxygen atoms in total. The number of carbonyl (C=O) groups is 2. The molecule has 3 rings (SSSR count). The van der Waals surface area contributed by atoms with Crippen molar-refractivity contribution in [3.05, 3.63) is 70.2 Å². The van der Waals surface area contributed by atoms with Gasteiger partial charge >= 0.3 is 6.09 Å². The van der Waals surface area contributed by atoms with Gasteiger partial charge in [-0.1, -0.05) is 30.7 Å². The fourth-order valence-corrected chi connectivity index (χ4v) is 3.87. The minimum absolute atomic E-state index is 0.0906. The minimum atomic E-state index is -1.09. The number of nitrogens with zero attached hydrogens (tertiary/aromatic N) is 2. The van der Waals surface area contributed by atoms with Gasteiger partial charge in [-0.05, 0) is 42.0 Å². The third-order valence-electron chi connectivity index (χ3n) is 5.41. The molecule has 1 heterocycles. The van der Waals surface area contributed by atoms with Crippen molar-refractivity contribution < 1.29 is 14.7 Å². The summed E-state index contributed by atoms with van der Waals surface area (Å²) < 4.78 is 0. The fraction of sp³-hybridized carbons (Fsp3) is 0.286. The van der Waals surface area contributed by atoms with Crippen LogP contribution in [0.2, 0.25) is 5.02 Å². The first-order valence-corrected chi connectivity index (χ1v) is 9.23. The van der Waals surface area contributed by atoms with Crippen molar-refractivity contribution in [2.24, 2.45) is 5.92 Å². The second kappa shape index (κ2) is 7.91. The lowest BCUT2D eigenvalue weighted by Crippen LogP contribution is -2.39. The maximum atomic E-state index is 13.0. The molecule has 0 saturated carbocycles. The Hall–Kier alpha value is -3.04. The van der Waals surface area contributed by atoms with Crippen LogP contribution in [0.4, 0.5) is 4.79 Å². The number of hydrogen-bond donors (Lipinski definition) is 2. The molecule has 7 heteroatoms. The summed E-state index contributed by atoms with van der Waals surface area (Å²) in [6, 6.07) is 16.0. The van der Waals surface area contributed by atoms with Crippen LogP contribution in [0.1, 0.15) is 28.4 Å². The number of benzene rings is 2. The molecule has 2 N–H and O–H groups in total. The van der Waals surface area contributed by atoms with Crippen molar-refractivity contribution in [1.82, 2.24) is 10.2 Å². The first kappa shape index (κ1) is 19.7. The van der Waals surface area contributed by atoms with Crippen LogP contribution in [0.3, 0.4) is 0 Å². The van der Waals surface area contributed by atoms with E-state index < -0.39 is 11.5 Å². The van der Waals surface area contributed by atoms with E-state index in [0.29, 0.717) is 29.2 Å². The van der Waals surface area contributed by atoms with Gasteiger partial charge in [0.1, 0.15) is 0 Å². The van der Waals surface area contributed by atoms with E-state index in [4.69, 9.17) is 22.0 Å². The molecule has 0 aliphatic carbocycles. The molecule has 0 unspecified atom stereocenters. The second-order valence-corrected chi connectivity index (χ2v) is 7.62. The fourth-order valence-electron chi connectivity index (χ4n) is 3.74. The van der Waals surface area contributed by atoms with Gasteiger partial charge in [-0.2, -0.15) is 5.26 Å². The third kappa shape index (κ3) is 3.95. The molecule has 2 amide bonds. The van der Waals surface area contributed by atoms with Crippen molar-refractivity contribution in [3.8, 4) is 6.07 Å². The van der Waals surface area contributed by atoms with Crippen molar-refractivity contribution in [1.29, 1.82) is 5.26 Å². The first-order valence-electron chi connectivity index (χ1n) is 8.86. The van der Waals surface area contributed by atoms with Crippen molar-refractivity contribution in [3.63, 3.8) is 0 Å². The summed E-state index contributed by atoms with van der Waals surface area (Å²) in [7, 11) is 0. The SMILES string of the molecule is C[C@@]1(c2ccc(Cl)cc2)CN(C(=O)c2ccc(C#N)cc2)C[C@@H]1CNC(=O)O. The Balaban J connectivity index is 1.88. The Morgan fingerprint density at radius 2 is 1.89 bits per heavy atom. The lowest BCUT2D eigenvalue weighted by atomic mass is 9.74. The molecule has 0 bridgehead atoms. The zero-order valence-electron chi connectivity index (χ0n) is 15.4. The summed E-state index contributed by atoms with van der Waals surface area (Å²) in [4.78, 5) is 25.7. The average Bonchev–Trinajstić information content (AvgIpc) is 3.04. The second-order valence-electron chi connectivity index (χ2n) is 7.18. The lowest BCUT2D eigenvalue weighted by molar-refractivity contribution is 0.0782. The maximum Gasteiger partial charge on any atom is 0.404 e. The lowest BCUT2D eigenvalue weighted by Gasteiger charge is -2.31. The highest BCUT2D eigenvalue weighted by Gasteiger charge is 2.45. The van der Waals surface area contributed by atoms with E-state index in [2.05, 4.69) is 5.32 Å². The molecule has 144 valence electrons. The Kier molecular flexibility index (Phi) is 5.57. The Labute approximate surface area is 168 Å². The summed E-state index contributed by atoms with van der Waals surface area (Å²) >= 11 is 6.01. The normalized spacial score (nSPS) is 21.2. The van der Waals surface area contributed by atoms with Crippen molar-refractivity contribution in [2.45, 2.75) is 12.3 Å². The third-order valence-corrected chi connectivity index (χ3v) is 5.66. The van der Waals surface area contributed by atoms with E-state index in [1.165, 1.54) is 0 Å². The Morgan fingerprint density at radius 1 is 1.25 bits per heavy atom. The predicted octanol–water partition coefficient (Wildman–Crippen LogP) is 3.51. The van der Waals surface area contributed by atoms with Crippen LogP contribution < -0.4 is 5.32 Å². The molecule has 0 radical (unpaired) electrons. The standard InChI is InChI=1S/C21H20ClN3O3/c1-21(16-6-8-18(22)9-7-16)13-25(12-17(21)11-24-20(27)28)19(26)15-4-2-14(10-23)3-5-15/h2-9,17,24H,11-13H2,1H3,(H,27,28)/t17-,21-/m0/s1. The predicted molar refractivity (Wildman–Crippen MR) is 105 cm³/mol. The van der Waals surface area contributed by atoms with Crippen LogP contribution in [-0.4, -0.2) is 41.6 Å².